The summed E-state index contributed by atoms with van der Waals surface area (Å²) in [4.78, 5) is 0. The molecular formula is C12H25N. The molecule has 13 heavy (non-hydrogen) atoms. The van der Waals surface area contributed by atoms with Gasteiger partial charge in [-0.3, -0.25) is 0 Å². The van der Waals surface area contributed by atoms with Gasteiger partial charge in [0, 0.05) is 6.04 Å². The van der Waals surface area contributed by atoms with Crippen molar-refractivity contribution in [2.75, 3.05) is 0 Å². The average Bonchev–Trinajstić information content (AvgIpc) is 1.94. The first-order chi connectivity index (χ1) is 6.00. The molecule has 1 nitrogen and oxygen atoms in total. The monoisotopic (exact) mass is 183 g/mol. The number of rotatable bonds is 0. The Morgan fingerprint density at radius 2 is 1.54 bits per heavy atom. The zero-order valence-corrected chi connectivity index (χ0v) is 9.47. The lowest BCUT2D eigenvalue weighted by atomic mass is 9.73. The molecule has 0 amide bonds. The molecule has 1 saturated carbocycles. The van der Waals surface area contributed by atoms with Gasteiger partial charge in [-0.25, -0.2) is 0 Å². The van der Waals surface area contributed by atoms with Gasteiger partial charge in [0.15, 0.2) is 0 Å². The van der Waals surface area contributed by atoms with E-state index in [1.54, 1.807) is 0 Å². The molecule has 1 aliphatic rings. The Hall–Kier alpha value is -0.0400. The van der Waals surface area contributed by atoms with Crippen molar-refractivity contribution in [2.45, 2.75) is 65.3 Å². The minimum atomic E-state index is 0.477. The van der Waals surface area contributed by atoms with E-state index >= 15 is 0 Å². The molecule has 0 aromatic carbocycles. The highest BCUT2D eigenvalue weighted by Crippen LogP contribution is 2.35. The molecule has 2 unspecified atom stereocenters. The van der Waals surface area contributed by atoms with Crippen molar-refractivity contribution in [3.63, 3.8) is 0 Å². The van der Waals surface area contributed by atoms with Crippen molar-refractivity contribution in [3.8, 4) is 0 Å². The quantitative estimate of drug-likeness (QED) is 0.612. The molecule has 2 N–H and O–H groups in total. The molecule has 1 fully saturated rings. The van der Waals surface area contributed by atoms with E-state index in [-0.39, 0.29) is 0 Å². The van der Waals surface area contributed by atoms with Crippen LogP contribution in [0.4, 0.5) is 0 Å². The Bertz CT molecular complexity index is 146. The Kier molecular flexibility index (Phi) is 3.78. The summed E-state index contributed by atoms with van der Waals surface area (Å²) in [6, 6.07) is 0.477. The first-order valence-corrected chi connectivity index (χ1v) is 5.76. The highest BCUT2D eigenvalue weighted by Gasteiger charge is 2.25. The standard InChI is InChI=1S/C12H25N/c1-12(2,3)10-6-4-5-7-11(13)9-8-10/h10-11H,4-9,13H2,1-3H3. The van der Waals surface area contributed by atoms with Crippen molar-refractivity contribution >= 4 is 0 Å². The van der Waals surface area contributed by atoms with Crippen LogP contribution >= 0.6 is 0 Å². The van der Waals surface area contributed by atoms with Gasteiger partial charge in [0.05, 0.1) is 0 Å². The SMILES string of the molecule is CC(C)(C)C1CCCCC(N)CC1. The van der Waals surface area contributed by atoms with E-state index in [0.717, 1.165) is 5.92 Å². The molecule has 0 heterocycles. The second-order valence-corrected chi connectivity index (χ2v) is 5.68. The van der Waals surface area contributed by atoms with Gasteiger partial charge in [-0.15, -0.1) is 0 Å². The predicted octanol–water partition coefficient (Wildman–Crippen LogP) is 3.33. The lowest BCUT2D eigenvalue weighted by molar-refractivity contribution is 0.188. The molecule has 2 atom stereocenters. The third kappa shape index (κ3) is 3.68. The van der Waals surface area contributed by atoms with Crippen LogP contribution in [0.5, 0.6) is 0 Å². The van der Waals surface area contributed by atoms with Gasteiger partial charge in [0.2, 0.25) is 0 Å². The highest BCUT2D eigenvalue weighted by atomic mass is 14.6. The molecule has 0 aromatic rings. The second-order valence-electron chi connectivity index (χ2n) is 5.68. The molecule has 1 rings (SSSR count). The predicted molar refractivity (Wildman–Crippen MR) is 58.6 cm³/mol. The van der Waals surface area contributed by atoms with Gasteiger partial charge < -0.3 is 5.73 Å². The van der Waals surface area contributed by atoms with E-state index in [0.29, 0.717) is 11.5 Å². The molecular weight excluding hydrogens is 158 g/mol. The van der Waals surface area contributed by atoms with E-state index in [9.17, 15) is 0 Å². The smallest absolute Gasteiger partial charge is 0.00389 e. The Morgan fingerprint density at radius 1 is 0.923 bits per heavy atom. The molecule has 1 aliphatic carbocycles. The lowest BCUT2D eigenvalue weighted by Crippen LogP contribution is -2.27. The summed E-state index contributed by atoms with van der Waals surface area (Å²) in [5, 5.41) is 0. The summed E-state index contributed by atoms with van der Waals surface area (Å²) < 4.78 is 0. The molecule has 0 spiro atoms. The van der Waals surface area contributed by atoms with Crippen LogP contribution in [0, 0.1) is 11.3 Å². The summed E-state index contributed by atoms with van der Waals surface area (Å²) in [7, 11) is 0. The minimum Gasteiger partial charge on any atom is -0.328 e. The minimum absolute atomic E-state index is 0.477. The Labute approximate surface area is 83.1 Å². The van der Waals surface area contributed by atoms with Crippen LogP contribution in [0.1, 0.15) is 59.3 Å². The fourth-order valence-corrected chi connectivity index (χ4v) is 2.37. The fourth-order valence-electron chi connectivity index (χ4n) is 2.37. The Balaban J connectivity index is 2.46. The van der Waals surface area contributed by atoms with E-state index < -0.39 is 0 Å². The van der Waals surface area contributed by atoms with Crippen LogP contribution in [0.2, 0.25) is 0 Å². The van der Waals surface area contributed by atoms with Crippen molar-refractivity contribution < 1.29 is 0 Å². The average molecular weight is 183 g/mol. The molecule has 0 aliphatic heterocycles. The second kappa shape index (κ2) is 4.45. The normalized spacial score (nSPS) is 32.3. The number of hydrogen-bond donors (Lipinski definition) is 1. The van der Waals surface area contributed by atoms with Crippen LogP contribution in [0.25, 0.3) is 0 Å². The largest absolute Gasteiger partial charge is 0.328 e. The molecule has 0 radical (unpaired) electrons. The van der Waals surface area contributed by atoms with E-state index in [1.807, 2.05) is 0 Å². The van der Waals surface area contributed by atoms with E-state index in [1.165, 1.54) is 38.5 Å². The van der Waals surface area contributed by atoms with Crippen LogP contribution in [-0.2, 0) is 0 Å². The molecule has 0 saturated heterocycles. The zero-order valence-electron chi connectivity index (χ0n) is 9.47. The molecule has 0 bridgehead atoms. The van der Waals surface area contributed by atoms with E-state index in [4.69, 9.17) is 5.73 Å². The topological polar surface area (TPSA) is 26.0 Å². The van der Waals surface area contributed by atoms with Crippen LogP contribution < -0.4 is 5.73 Å². The maximum atomic E-state index is 6.01. The molecule has 78 valence electrons. The zero-order chi connectivity index (χ0) is 9.90. The fraction of sp³-hybridized carbons (Fsp3) is 1.00. The maximum Gasteiger partial charge on any atom is 0.00389 e. The van der Waals surface area contributed by atoms with Crippen molar-refractivity contribution in [1.29, 1.82) is 0 Å². The van der Waals surface area contributed by atoms with Gasteiger partial charge in [-0.05, 0) is 37.0 Å². The first kappa shape index (κ1) is 11.0. The lowest BCUT2D eigenvalue weighted by Gasteiger charge is -2.33. The van der Waals surface area contributed by atoms with Crippen molar-refractivity contribution in [2.24, 2.45) is 17.1 Å². The summed E-state index contributed by atoms with van der Waals surface area (Å²) in [6.07, 6.45) is 7.96. The number of hydrogen-bond acceptors (Lipinski definition) is 1. The van der Waals surface area contributed by atoms with Crippen LogP contribution in [0.15, 0.2) is 0 Å². The Morgan fingerprint density at radius 3 is 2.15 bits per heavy atom. The molecule has 0 aromatic heterocycles. The van der Waals surface area contributed by atoms with Crippen LogP contribution in [-0.4, -0.2) is 6.04 Å². The van der Waals surface area contributed by atoms with Crippen molar-refractivity contribution in [1.82, 2.24) is 0 Å². The van der Waals surface area contributed by atoms with Crippen molar-refractivity contribution in [3.05, 3.63) is 0 Å². The third-order valence-corrected chi connectivity index (χ3v) is 3.49. The van der Waals surface area contributed by atoms with Gasteiger partial charge in [-0.2, -0.15) is 0 Å². The number of nitrogens with two attached hydrogens (primary N) is 1. The third-order valence-electron chi connectivity index (χ3n) is 3.49. The summed E-state index contributed by atoms with van der Waals surface area (Å²) in [6.45, 7) is 7.10. The van der Waals surface area contributed by atoms with Gasteiger partial charge >= 0.3 is 0 Å². The summed E-state index contributed by atoms with van der Waals surface area (Å²) in [5.41, 5.74) is 6.49. The highest BCUT2D eigenvalue weighted by molar-refractivity contribution is 4.78. The summed E-state index contributed by atoms with van der Waals surface area (Å²) in [5.74, 6) is 0.888. The molecule has 1 heteroatoms. The summed E-state index contributed by atoms with van der Waals surface area (Å²) >= 11 is 0. The van der Waals surface area contributed by atoms with Crippen LogP contribution in [0.3, 0.4) is 0 Å². The van der Waals surface area contributed by atoms with Gasteiger partial charge in [0.1, 0.15) is 0 Å². The first-order valence-electron chi connectivity index (χ1n) is 5.76. The maximum absolute atomic E-state index is 6.01. The van der Waals surface area contributed by atoms with Gasteiger partial charge in [0.25, 0.3) is 0 Å². The van der Waals surface area contributed by atoms with E-state index in [2.05, 4.69) is 20.8 Å². The van der Waals surface area contributed by atoms with Gasteiger partial charge in [-0.1, -0.05) is 33.6 Å².